The van der Waals surface area contributed by atoms with E-state index in [9.17, 15) is 20.2 Å². The van der Waals surface area contributed by atoms with E-state index in [1.165, 1.54) is 18.2 Å². The van der Waals surface area contributed by atoms with Gasteiger partial charge in [0.2, 0.25) is 0 Å². The van der Waals surface area contributed by atoms with Gasteiger partial charge in [0.25, 0.3) is 11.4 Å². The van der Waals surface area contributed by atoms with Crippen LogP contribution >= 0.6 is 0 Å². The Balaban J connectivity index is 2.31. The van der Waals surface area contributed by atoms with Crippen molar-refractivity contribution in [3.63, 3.8) is 0 Å². The molecule has 0 amide bonds. The lowest BCUT2D eigenvalue weighted by Gasteiger charge is -2.35. The average molecular weight is 369 g/mol. The molecule has 1 unspecified atom stereocenters. The Bertz CT molecular complexity index is 800. The molecular weight excluding hydrogens is 344 g/mol. The van der Waals surface area contributed by atoms with Gasteiger partial charge >= 0.3 is 0 Å². The van der Waals surface area contributed by atoms with Crippen LogP contribution in [0.25, 0.3) is 0 Å². The zero-order valence-electron chi connectivity index (χ0n) is 15.8. The molecule has 0 saturated carbocycles. The Hall–Kier alpha value is -2.76. The SMILES string of the molecule is [CH2]CCCC(c1cccc([N+](=O)[O-])c1)C(C)(C)Cc1ccc([N+](=O)[O-])cc1. The predicted molar refractivity (Wildman–Crippen MR) is 106 cm³/mol. The minimum atomic E-state index is -0.408. The van der Waals surface area contributed by atoms with E-state index in [4.69, 9.17) is 0 Å². The summed E-state index contributed by atoms with van der Waals surface area (Å²) in [5.74, 6) is 0.120. The highest BCUT2D eigenvalue weighted by molar-refractivity contribution is 5.38. The summed E-state index contributed by atoms with van der Waals surface area (Å²) in [6.45, 7) is 8.20. The summed E-state index contributed by atoms with van der Waals surface area (Å²) >= 11 is 0. The number of nitrogens with zero attached hydrogens (tertiary/aromatic N) is 2. The number of nitro benzene ring substituents is 2. The van der Waals surface area contributed by atoms with Gasteiger partial charge in [-0.2, -0.15) is 0 Å². The van der Waals surface area contributed by atoms with Gasteiger partial charge in [-0.25, -0.2) is 0 Å². The third-order valence-corrected chi connectivity index (χ3v) is 4.98. The number of hydrogen-bond donors (Lipinski definition) is 0. The molecule has 6 heteroatoms. The highest BCUT2D eigenvalue weighted by atomic mass is 16.6. The molecule has 0 saturated heterocycles. The van der Waals surface area contributed by atoms with Gasteiger partial charge in [-0.05, 0) is 35.3 Å². The molecule has 2 rings (SSSR count). The van der Waals surface area contributed by atoms with Gasteiger partial charge in [0, 0.05) is 24.3 Å². The molecule has 0 bridgehead atoms. The van der Waals surface area contributed by atoms with Gasteiger partial charge in [-0.3, -0.25) is 20.2 Å². The van der Waals surface area contributed by atoms with E-state index < -0.39 is 4.92 Å². The van der Waals surface area contributed by atoms with Crippen LogP contribution in [-0.4, -0.2) is 9.85 Å². The van der Waals surface area contributed by atoms with Crippen molar-refractivity contribution < 1.29 is 9.85 Å². The van der Waals surface area contributed by atoms with E-state index in [-0.39, 0.29) is 27.6 Å². The molecule has 0 heterocycles. The Kier molecular flexibility index (Phi) is 6.66. The fourth-order valence-electron chi connectivity index (χ4n) is 3.60. The quantitative estimate of drug-likeness (QED) is 0.409. The number of non-ortho nitro benzene ring substituents is 2. The van der Waals surface area contributed by atoms with Crippen LogP contribution in [0.3, 0.4) is 0 Å². The molecular formula is C21H25N2O4. The topological polar surface area (TPSA) is 86.3 Å². The fourth-order valence-corrected chi connectivity index (χ4v) is 3.60. The third kappa shape index (κ3) is 5.36. The van der Waals surface area contributed by atoms with Crippen LogP contribution < -0.4 is 0 Å². The van der Waals surface area contributed by atoms with Crippen molar-refractivity contribution in [2.45, 2.75) is 45.4 Å². The first kappa shape index (κ1) is 20.6. The van der Waals surface area contributed by atoms with Crippen molar-refractivity contribution in [2.24, 2.45) is 5.41 Å². The van der Waals surface area contributed by atoms with Crippen molar-refractivity contribution >= 4 is 11.4 Å². The lowest BCUT2D eigenvalue weighted by Crippen LogP contribution is -2.25. The molecule has 1 radical (unpaired) electrons. The van der Waals surface area contributed by atoms with Gasteiger partial charge in [0.15, 0.2) is 0 Å². The van der Waals surface area contributed by atoms with Crippen LogP contribution in [0.1, 0.15) is 50.2 Å². The van der Waals surface area contributed by atoms with Crippen LogP contribution in [0.4, 0.5) is 11.4 Å². The molecule has 143 valence electrons. The van der Waals surface area contributed by atoms with E-state index >= 15 is 0 Å². The second-order valence-electron chi connectivity index (χ2n) is 7.49. The van der Waals surface area contributed by atoms with Gasteiger partial charge in [0.05, 0.1) is 9.85 Å². The van der Waals surface area contributed by atoms with E-state index in [2.05, 4.69) is 20.8 Å². The van der Waals surface area contributed by atoms with Gasteiger partial charge in [-0.1, -0.05) is 57.9 Å². The minimum absolute atomic E-state index is 0.0730. The summed E-state index contributed by atoms with van der Waals surface area (Å²) in [6.07, 6.45) is 3.33. The number of unbranched alkanes of at least 4 members (excludes halogenated alkanes) is 1. The van der Waals surface area contributed by atoms with Crippen LogP contribution in [0.2, 0.25) is 0 Å². The van der Waals surface area contributed by atoms with E-state index in [0.29, 0.717) is 0 Å². The zero-order valence-corrected chi connectivity index (χ0v) is 15.8. The summed E-state index contributed by atoms with van der Waals surface area (Å²) in [5.41, 5.74) is 1.95. The number of hydrogen-bond acceptors (Lipinski definition) is 4. The monoisotopic (exact) mass is 369 g/mol. The molecule has 0 aromatic heterocycles. The molecule has 6 nitrogen and oxygen atoms in total. The molecule has 0 spiro atoms. The Morgan fingerprint density at radius 3 is 2.19 bits per heavy atom. The van der Waals surface area contributed by atoms with E-state index in [1.54, 1.807) is 24.3 Å². The van der Waals surface area contributed by atoms with Crippen molar-refractivity contribution in [1.29, 1.82) is 0 Å². The van der Waals surface area contributed by atoms with Crippen molar-refractivity contribution in [3.05, 3.63) is 86.8 Å². The van der Waals surface area contributed by atoms with Crippen molar-refractivity contribution in [3.8, 4) is 0 Å². The number of nitro groups is 2. The van der Waals surface area contributed by atoms with Crippen LogP contribution in [0.5, 0.6) is 0 Å². The maximum absolute atomic E-state index is 11.2. The third-order valence-electron chi connectivity index (χ3n) is 4.98. The maximum atomic E-state index is 11.2. The average Bonchev–Trinajstić information content (AvgIpc) is 2.62. The molecule has 1 atom stereocenters. The van der Waals surface area contributed by atoms with Gasteiger partial charge in [-0.15, -0.1) is 0 Å². The molecule has 27 heavy (non-hydrogen) atoms. The lowest BCUT2D eigenvalue weighted by molar-refractivity contribution is -0.385. The van der Waals surface area contributed by atoms with Crippen molar-refractivity contribution in [2.75, 3.05) is 0 Å². The first-order valence-corrected chi connectivity index (χ1v) is 9.01. The van der Waals surface area contributed by atoms with Crippen LogP contribution in [0.15, 0.2) is 48.5 Å². The second kappa shape index (κ2) is 8.75. The largest absolute Gasteiger partial charge is 0.269 e. The lowest BCUT2D eigenvalue weighted by atomic mass is 9.69. The van der Waals surface area contributed by atoms with Crippen molar-refractivity contribution in [1.82, 2.24) is 0 Å². The molecule has 0 fully saturated rings. The molecule has 2 aromatic rings. The Morgan fingerprint density at radius 2 is 1.63 bits per heavy atom. The summed E-state index contributed by atoms with van der Waals surface area (Å²) in [5, 5.41) is 22.0. The molecule has 2 aromatic carbocycles. The first-order valence-electron chi connectivity index (χ1n) is 9.01. The normalized spacial score (nSPS) is 12.6. The highest BCUT2D eigenvalue weighted by Gasteiger charge is 2.31. The fraction of sp³-hybridized carbons (Fsp3) is 0.381. The maximum Gasteiger partial charge on any atom is 0.269 e. The van der Waals surface area contributed by atoms with E-state index in [0.717, 1.165) is 36.8 Å². The first-order chi connectivity index (χ1) is 12.7. The smallest absolute Gasteiger partial charge is 0.258 e. The molecule has 0 aliphatic rings. The summed E-state index contributed by atoms with van der Waals surface area (Å²) in [4.78, 5) is 21.2. The molecule has 0 aliphatic heterocycles. The second-order valence-corrected chi connectivity index (χ2v) is 7.49. The summed E-state index contributed by atoms with van der Waals surface area (Å²) in [6, 6.07) is 13.4. The number of benzene rings is 2. The standard InChI is InChI=1S/C21H25N2O4/c1-4-5-9-20(17-7-6-8-19(14-17)23(26)27)21(2,3)15-16-10-12-18(13-11-16)22(24)25/h6-8,10-14,20H,1,4-5,9,15H2,2-3H3. The van der Waals surface area contributed by atoms with Crippen LogP contribution in [-0.2, 0) is 6.42 Å². The number of rotatable bonds is 9. The summed E-state index contributed by atoms with van der Waals surface area (Å²) < 4.78 is 0. The minimum Gasteiger partial charge on any atom is -0.258 e. The Morgan fingerprint density at radius 1 is 1.00 bits per heavy atom. The molecule has 0 aliphatic carbocycles. The summed E-state index contributed by atoms with van der Waals surface area (Å²) in [7, 11) is 0. The van der Waals surface area contributed by atoms with Gasteiger partial charge < -0.3 is 0 Å². The highest BCUT2D eigenvalue weighted by Crippen LogP contribution is 2.42. The Labute approximate surface area is 159 Å². The predicted octanol–water partition coefficient (Wildman–Crippen LogP) is 5.86. The molecule has 0 N–H and O–H groups in total. The van der Waals surface area contributed by atoms with Gasteiger partial charge in [0.1, 0.15) is 0 Å². The van der Waals surface area contributed by atoms with Crippen LogP contribution in [0, 0.1) is 32.6 Å². The zero-order chi connectivity index (χ0) is 20.0. The van der Waals surface area contributed by atoms with E-state index in [1.807, 2.05) is 6.07 Å².